The zero-order valence-corrected chi connectivity index (χ0v) is 10.5. The van der Waals surface area contributed by atoms with E-state index in [0.717, 1.165) is 48.6 Å². The number of benzene rings is 1. The fourth-order valence-electron chi connectivity index (χ4n) is 2.37. The molecule has 0 spiro atoms. The topological polar surface area (TPSA) is 28.4 Å². The van der Waals surface area contributed by atoms with Gasteiger partial charge in [-0.2, -0.15) is 0 Å². The van der Waals surface area contributed by atoms with Crippen LogP contribution >= 0.6 is 12.6 Å². The van der Waals surface area contributed by atoms with Gasteiger partial charge in [0, 0.05) is 48.6 Å². The highest BCUT2D eigenvalue weighted by molar-refractivity contribution is 7.80. The highest BCUT2D eigenvalue weighted by Gasteiger charge is 2.13. The summed E-state index contributed by atoms with van der Waals surface area (Å²) in [6, 6.07) is 6.15. The van der Waals surface area contributed by atoms with Crippen molar-refractivity contribution in [2.45, 2.75) is 11.4 Å². The second kappa shape index (κ2) is 4.72. The van der Waals surface area contributed by atoms with Gasteiger partial charge in [-0.1, -0.05) is 0 Å². The van der Waals surface area contributed by atoms with E-state index < -0.39 is 0 Å². The Morgan fingerprint density at radius 3 is 2.94 bits per heavy atom. The zero-order valence-electron chi connectivity index (χ0n) is 9.65. The van der Waals surface area contributed by atoms with Crippen molar-refractivity contribution in [3.63, 3.8) is 0 Å². The summed E-state index contributed by atoms with van der Waals surface area (Å²) in [4.78, 5) is 3.45. The molecule has 0 aliphatic carbocycles. The van der Waals surface area contributed by atoms with Crippen molar-refractivity contribution in [3.8, 4) is 0 Å². The quantitative estimate of drug-likeness (QED) is 0.798. The van der Waals surface area contributed by atoms with Crippen LogP contribution in [-0.4, -0.2) is 31.1 Å². The van der Waals surface area contributed by atoms with Gasteiger partial charge in [0.2, 0.25) is 0 Å². The van der Waals surface area contributed by atoms with Crippen molar-refractivity contribution in [2.24, 2.45) is 0 Å². The minimum Gasteiger partial charge on any atom is -0.464 e. The number of piperazine rings is 1. The van der Waals surface area contributed by atoms with Gasteiger partial charge >= 0.3 is 0 Å². The van der Waals surface area contributed by atoms with Gasteiger partial charge in [0.05, 0.1) is 6.26 Å². The number of rotatable bonds is 2. The van der Waals surface area contributed by atoms with Gasteiger partial charge in [-0.25, -0.2) is 0 Å². The molecule has 1 N–H and O–H groups in total. The number of nitrogens with zero attached hydrogens (tertiary/aromatic N) is 1. The highest BCUT2D eigenvalue weighted by Crippen LogP contribution is 2.25. The summed E-state index contributed by atoms with van der Waals surface area (Å²) in [6.07, 6.45) is 1.75. The molecule has 1 aromatic carbocycles. The lowest BCUT2D eigenvalue weighted by atomic mass is 10.1. The molecule has 3 nitrogen and oxygen atoms in total. The van der Waals surface area contributed by atoms with Crippen molar-refractivity contribution in [1.29, 1.82) is 0 Å². The van der Waals surface area contributed by atoms with Crippen molar-refractivity contribution >= 4 is 23.6 Å². The number of hydrogen-bond acceptors (Lipinski definition) is 4. The molecule has 0 unspecified atom stereocenters. The number of thiol groups is 1. The third kappa shape index (κ3) is 2.34. The van der Waals surface area contributed by atoms with Crippen LogP contribution in [0.3, 0.4) is 0 Å². The second-order valence-electron chi connectivity index (χ2n) is 4.47. The van der Waals surface area contributed by atoms with Gasteiger partial charge in [-0.15, -0.1) is 12.6 Å². The normalized spacial score (nSPS) is 17.7. The van der Waals surface area contributed by atoms with Crippen LogP contribution in [0.2, 0.25) is 0 Å². The van der Waals surface area contributed by atoms with Crippen molar-refractivity contribution in [3.05, 3.63) is 30.0 Å². The maximum atomic E-state index is 5.57. The number of furan rings is 1. The summed E-state index contributed by atoms with van der Waals surface area (Å²) in [5.74, 6) is 0. The number of nitrogens with one attached hydrogen (secondary N) is 1. The molecule has 17 heavy (non-hydrogen) atoms. The van der Waals surface area contributed by atoms with Crippen molar-refractivity contribution in [2.75, 3.05) is 26.2 Å². The van der Waals surface area contributed by atoms with Crippen LogP contribution in [0.25, 0.3) is 11.0 Å². The van der Waals surface area contributed by atoms with Gasteiger partial charge in [0.15, 0.2) is 0 Å². The minimum absolute atomic E-state index is 0.945. The molecule has 90 valence electrons. The average molecular weight is 248 g/mol. The van der Waals surface area contributed by atoms with E-state index in [9.17, 15) is 0 Å². The molecule has 4 heteroatoms. The van der Waals surface area contributed by atoms with Gasteiger partial charge in [-0.05, 0) is 18.2 Å². The van der Waals surface area contributed by atoms with Gasteiger partial charge in [-0.3, -0.25) is 4.90 Å². The molecule has 0 atom stereocenters. The molecule has 2 heterocycles. The molecule has 1 saturated heterocycles. The molecule has 0 bridgehead atoms. The third-order valence-corrected chi connectivity index (χ3v) is 3.47. The fourth-order valence-corrected chi connectivity index (χ4v) is 2.66. The van der Waals surface area contributed by atoms with E-state index in [1.807, 2.05) is 12.1 Å². The van der Waals surface area contributed by atoms with Crippen LogP contribution in [0.5, 0.6) is 0 Å². The molecule has 0 radical (unpaired) electrons. The molecule has 1 aromatic heterocycles. The van der Waals surface area contributed by atoms with E-state index >= 15 is 0 Å². The molecule has 1 fully saturated rings. The van der Waals surface area contributed by atoms with E-state index in [1.165, 1.54) is 5.56 Å². The average Bonchev–Trinajstić information content (AvgIpc) is 2.78. The summed E-state index contributed by atoms with van der Waals surface area (Å²) in [6.45, 7) is 5.28. The van der Waals surface area contributed by atoms with Gasteiger partial charge < -0.3 is 9.73 Å². The first-order chi connectivity index (χ1) is 8.33. The standard InChI is InChI=1S/C13H16N2OS/c17-12-7-10-1-6-16-13(10)11(8-12)9-15-4-2-14-3-5-15/h1,6-8,14,17H,2-5,9H2. The summed E-state index contributed by atoms with van der Waals surface area (Å²) in [7, 11) is 0. The first kappa shape index (κ1) is 11.1. The Labute approximate surface area is 106 Å². The second-order valence-corrected chi connectivity index (χ2v) is 4.99. The Bertz CT molecular complexity index is 517. The molecule has 3 rings (SSSR count). The van der Waals surface area contributed by atoms with Crippen molar-refractivity contribution in [1.82, 2.24) is 10.2 Å². The number of hydrogen-bond donors (Lipinski definition) is 2. The van der Waals surface area contributed by atoms with Crippen LogP contribution in [-0.2, 0) is 6.54 Å². The monoisotopic (exact) mass is 248 g/mol. The lowest BCUT2D eigenvalue weighted by Crippen LogP contribution is -2.42. The van der Waals surface area contributed by atoms with E-state index in [1.54, 1.807) is 6.26 Å². The lowest BCUT2D eigenvalue weighted by molar-refractivity contribution is 0.233. The SMILES string of the molecule is Sc1cc(CN2CCNCC2)c2occc2c1. The molecule has 0 saturated carbocycles. The maximum Gasteiger partial charge on any atom is 0.138 e. The van der Waals surface area contributed by atoms with Gasteiger partial charge in [0.1, 0.15) is 5.58 Å². The lowest BCUT2D eigenvalue weighted by Gasteiger charge is -2.27. The van der Waals surface area contributed by atoms with E-state index in [2.05, 4.69) is 28.9 Å². The van der Waals surface area contributed by atoms with E-state index in [0.29, 0.717) is 0 Å². The summed E-state index contributed by atoms with van der Waals surface area (Å²) < 4.78 is 5.57. The predicted octanol–water partition coefficient (Wildman–Crippen LogP) is 2.13. The smallest absolute Gasteiger partial charge is 0.138 e. The Balaban J connectivity index is 1.90. The van der Waals surface area contributed by atoms with Crippen LogP contribution in [0.4, 0.5) is 0 Å². The molecule has 0 amide bonds. The zero-order chi connectivity index (χ0) is 11.7. The van der Waals surface area contributed by atoms with Crippen LogP contribution in [0, 0.1) is 0 Å². The number of fused-ring (bicyclic) bond motifs is 1. The summed E-state index contributed by atoms with van der Waals surface area (Å²) in [5, 5.41) is 4.51. The van der Waals surface area contributed by atoms with E-state index in [4.69, 9.17) is 4.42 Å². The Morgan fingerprint density at radius 1 is 1.29 bits per heavy atom. The Morgan fingerprint density at radius 2 is 2.12 bits per heavy atom. The Hall–Kier alpha value is -0.970. The highest BCUT2D eigenvalue weighted by atomic mass is 32.1. The molecular weight excluding hydrogens is 232 g/mol. The van der Waals surface area contributed by atoms with Crippen LogP contribution < -0.4 is 5.32 Å². The summed E-state index contributed by atoms with van der Waals surface area (Å²) >= 11 is 4.45. The van der Waals surface area contributed by atoms with Crippen LogP contribution in [0.1, 0.15) is 5.56 Å². The fraction of sp³-hybridized carbons (Fsp3) is 0.385. The Kier molecular flexibility index (Phi) is 3.09. The minimum atomic E-state index is 0.945. The van der Waals surface area contributed by atoms with E-state index in [-0.39, 0.29) is 0 Å². The molecule has 1 aliphatic heterocycles. The largest absolute Gasteiger partial charge is 0.464 e. The van der Waals surface area contributed by atoms with Crippen molar-refractivity contribution < 1.29 is 4.42 Å². The molecular formula is C13H16N2OS. The molecule has 2 aromatic rings. The van der Waals surface area contributed by atoms with Crippen LogP contribution in [0.15, 0.2) is 33.8 Å². The first-order valence-corrected chi connectivity index (χ1v) is 6.40. The third-order valence-electron chi connectivity index (χ3n) is 3.22. The predicted molar refractivity (Wildman–Crippen MR) is 71.6 cm³/mol. The molecule has 1 aliphatic rings. The van der Waals surface area contributed by atoms with Gasteiger partial charge in [0.25, 0.3) is 0 Å². The summed E-state index contributed by atoms with van der Waals surface area (Å²) in [5.41, 5.74) is 2.24. The maximum absolute atomic E-state index is 5.57. The first-order valence-electron chi connectivity index (χ1n) is 5.95.